The molecule has 0 aliphatic carbocycles. The van der Waals surface area contributed by atoms with Crippen LogP contribution in [0.1, 0.15) is 44.5 Å². The summed E-state index contributed by atoms with van der Waals surface area (Å²) in [6.45, 7) is 7.06. The largest absolute Gasteiger partial charge is 0.489 e. The standard InChI is InChI=1S/C14H20N4OS/c1-4-5-16-14(13-9-20-18-17-13)11-6-12(8-15-7-11)19-10(2)3/h6-10,14,16H,4-5H2,1-3H3. The Morgan fingerprint density at radius 1 is 1.35 bits per heavy atom. The number of pyridine rings is 1. The first kappa shape index (κ1) is 14.9. The maximum atomic E-state index is 5.70. The summed E-state index contributed by atoms with van der Waals surface area (Å²) in [4.78, 5) is 4.27. The molecule has 2 heterocycles. The third-order valence-electron chi connectivity index (χ3n) is 2.71. The molecule has 2 rings (SSSR count). The highest BCUT2D eigenvalue weighted by Gasteiger charge is 2.17. The van der Waals surface area contributed by atoms with Crippen molar-refractivity contribution >= 4 is 11.5 Å². The first-order valence-electron chi connectivity index (χ1n) is 6.82. The van der Waals surface area contributed by atoms with Crippen LogP contribution in [0.15, 0.2) is 23.8 Å². The Bertz CT molecular complexity index is 516. The van der Waals surface area contributed by atoms with Crippen LogP contribution in [0.3, 0.4) is 0 Å². The quantitative estimate of drug-likeness (QED) is 0.850. The summed E-state index contributed by atoms with van der Waals surface area (Å²) < 4.78 is 9.65. The SMILES string of the molecule is CCCNC(c1cncc(OC(C)C)c1)c1csnn1. The van der Waals surface area contributed by atoms with Gasteiger partial charge in [-0.25, -0.2) is 0 Å². The minimum absolute atomic E-state index is 0.0110. The summed E-state index contributed by atoms with van der Waals surface area (Å²) in [6.07, 6.45) is 4.78. The van der Waals surface area contributed by atoms with Gasteiger partial charge in [-0.05, 0) is 50.0 Å². The second kappa shape index (κ2) is 7.31. The smallest absolute Gasteiger partial charge is 0.138 e. The number of aromatic nitrogens is 3. The van der Waals surface area contributed by atoms with E-state index in [0.29, 0.717) is 0 Å². The second-order valence-electron chi connectivity index (χ2n) is 4.84. The maximum Gasteiger partial charge on any atom is 0.138 e. The molecule has 2 aromatic rings. The van der Waals surface area contributed by atoms with Crippen LogP contribution in [0.5, 0.6) is 5.75 Å². The zero-order chi connectivity index (χ0) is 14.4. The minimum Gasteiger partial charge on any atom is -0.489 e. The Labute approximate surface area is 123 Å². The number of ether oxygens (including phenoxy) is 1. The molecule has 1 N–H and O–H groups in total. The maximum absolute atomic E-state index is 5.70. The van der Waals surface area contributed by atoms with Gasteiger partial charge in [0.2, 0.25) is 0 Å². The number of hydrogen-bond donors (Lipinski definition) is 1. The van der Waals surface area contributed by atoms with Crippen LogP contribution in [0.25, 0.3) is 0 Å². The predicted octanol–water partition coefficient (Wildman–Crippen LogP) is 2.81. The molecule has 1 atom stereocenters. The lowest BCUT2D eigenvalue weighted by Gasteiger charge is -2.17. The predicted molar refractivity (Wildman–Crippen MR) is 80.0 cm³/mol. The Morgan fingerprint density at radius 2 is 2.20 bits per heavy atom. The van der Waals surface area contributed by atoms with Gasteiger partial charge in [-0.15, -0.1) is 5.10 Å². The zero-order valence-corrected chi connectivity index (χ0v) is 12.9. The summed E-state index contributed by atoms with van der Waals surface area (Å²) in [5.41, 5.74) is 1.97. The third kappa shape index (κ3) is 3.98. The first-order chi connectivity index (χ1) is 9.70. The molecule has 0 bridgehead atoms. The van der Waals surface area contributed by atoms with E-state index in [1.54, 1.807) is 6.20 Å². The molecule has 0 spiro atoms. The Morgan fingerprint density at radius 3 is 2.85 bits per heavy atom. The number of nitrogens with one attached hydrogen (secondary N) is 1. The summed E-state index contributed by atoms with van der Waals surface area (Å²) in [7, 11) is 0. The molecule has 0 saturated carbocycles. The fourth-order valence-corrected chi connectivity index (χ4v) is 2.39. The highest BCUT2D eigenvalue weighted by atomic mass is 32.1. The van der Waals surface area contributed by atoms with E-state index < -0.39 is 0 Å². The molecule has 0 saturated heterocycles. The van der Waals surface area contributed by atoms with Gasteiger partial charge >= 0.3 is 0 Å². The third-order valence-corrected chi connectivity index (χ3v) is 3.23. The van der Waals surface area contributed by atoms with Crippen molar-refractivity contribution in [3.05, 3.63) is 35.1 Å². The lowest BCUT2D eigenvalue weighted by atomic mass is 10.1. The lowest BCUT2D eigenvalue weighted by Crippen LogP contribution is -2.23. The van der Waals surface area contributed by atoms with Crippen LogP contribution < -0.4 is 10.1 Å². The van der Waals surface area contributed by atoms with Crippen LogP contribution in [0, 0.1) is 0 Å². The molecule has 0 aliphatic heterocycles. The van der Waals surface area contributed by atoms with Crippen molar-refractivity contribution in [1.82, 2.24) is 19.9 Å². The summed E-state index contributed by atoms with van der Waals surface area (Å²) >= 11 is 1.36. The van der Waals surface area contributed by atoms with Gasteiger partial charge in [0.25, 0.3) is 0 Å². The van der Waals surface area contributed by atoms with Gasteiger partial charge in [0.1, 0.15) is 5.75 Å². The normalized spacial score (nSPS) is 12.6. The molecule has 5 nitrogen and oxygen atoms in total. The van der Waals surface area contributed by atoms with E-state index in [2.05, 4.69) is 26.8 Å². The van der Waals surface area contributed by atoms with E-state index in [1.807, 2.05) is 31.5 Å². The van der Waals surface area contributed by atoms with E-state index in [-0.39, 0.29) is 12.1 Å². The number of hydrogen-bond acceptors (Lipinski definition) is 6. The van der Waals surface area contributed by atoms with E-state index in [4.69, 9.17) is 4.74 Å². The number of rotatable bonds is 7. The summed E-state index contributed by atoms with van der Waals surface area (Å²) in [5.74, 6) is 0.781. The molecule has 0 aliphatic rings. The Hall–Kier alpha value is -1.53. The Balaban J connectivity index is 2.24. The van der Waals surface area contributed by atoms with Gasteiger partial charge in [0.05, 0.1) is 24.0 Å². The summed E-state index contributed by atoms with van der Waals surface area (Å²) in [6, 6.07) is 2.02. The molecule has 20 heavy (non-hydrogen) atoms. The fourth-order valence-electron chi connectivity index (χ4n) is 1.91. The van der Waals surface area contributed by atoms with Gasteiger partial charge in [0.15, 0.2) is 0 Å². The van der Waals surface area contributed by atoms with Crippen LogP contribution >= 0.6 is 11.5 Å². The number of nitrogens with zero attached hydrogens (tertiary/aromatic N) is 3. The monoisotopic (exact) mass is 292 g/mol. The molecular formula is C14H20N4OS. The van der Waals surface area contributed by atoms with Crippen molar-refractivity contribution < 1.29 is 4.74 Å². The molecule has 0 fully saturated rings. The van der Waals surface area contributed by atoms with Gasteiger partial charge in [0, 0.05) is 11.6 Å². The van der Waals surface area contributed by atoms with Crippen molar-refractivity contribution in [3.8, 4) is 5.75 Å². The van der Waals surface area contributed by atoms with E-state index in [0.717, 1.165) is 30.0 Å². The second-order valence-corrected chi connectivity index (χ2v) is 5.45. The van der Waals surface area contributed by atoms with Gasteiger partial charge < -0.3 is 10.1 Å². The van der Waals surface area contributed by atoms with Crippen molar-refractivity contribution in [2.24, 2.45) is 0 Å². The average Bonchev–Trinajstić information content (AvgIpc) is 2.93. The molecule has 0 amide bonds. The zero-order valence-electron chi connectivity index (χ0n) is 12.0. The molecule has 6 heteroatoms. The molecular weight excluding hydrogens is 272 g/mol. The van der Waals surface area contributed by atoms with Crippen molar-refractivity contribution in [1.29, 1.82) is 0 Å². The minimum atomic E-state index is 0.0110. The molecule has 0 radical (unpaired) electrons. The molecule has 108 valence electrons. The van der Waals surface area contributed by atoms with E-state index in [9.17, 15) is 0 Å². The van der Waals surface area contributed by atoms with Gasteiger partial charge in [-0.1, -0.05) is 11.4 Å². The van der Waals surface area contributed by atoms with Gasteiger partial charge in [-0.2, -0.15) is 0 Å². The van der Waals surface area contributed by atoms with Crippen molar-refractivity contribution in [3.63, 3.8) is 0 Å². The highest BCUT2D eigenvalue weighted by Crippen LogP contribution is 2.24. The van der Waals surface area contributed by atoms with Crippen molar-refractivity contribution in [2.45, 2.75) is 39.3 Å². The van der Waals surface area contributed by atoms with Gasteiger partial charge in [-0.3, -0.25) is 4.98 Å². The fraction of sp³-hybridized carbons (Fsp3) is 0.500. The van der Waals surface area contributed by atoms with Crippen LogP contribution in [-0.4, -0.2) is 27.2 Å². The van der Waals surface area contributed by atoms with E-state index >= 15 is 0 Å². The van der Waals surface area contributed by atoms with Crippen molar-refractivity contribution in [2.75, 3.05) is 6.54 Å². The molecule has 0 aromatic carbocycles. The lowest BCUT2D eigenvalue weighted by molar-refractivity contribution is 0.241. The van der Waals surface area contributed by atoms with E-state index in [1.165, 1.54) is 11.5 Å². The highest BCUT2D eigenvalue weighted by molar-refractivity contribution is 7.03. The Kier molecular flexibility index (Phi) is 5.43. The van der Waals surface area contributed by atoms with Crippen LogP contribution in [0.2, 0.25) is 0 Å². The molecule has 2 aromatic heterocycles. The average molecular weight is 292 g/mol. The molecule has 1 unspecified atom stereocenters. The first-order valence-corrected chi connectivity index (χ1v) is 7.66. The van der Waals surface area contributed by atoms with Crippen LogP contribution in [-0.2, 0) is 0 Å². The van der Waals surface area contributed by atoms with Crippen LogP contribution in [0.4, 0.5) is 0 Å². The summed E-state index contributed by atoms with van der Waals surface area (Å²) in [5, 5.41) is 9.61. The topological polar surface area (TPSA) is 59.9 Å².